The average molecular weight is 443 g/mol. The highest BCUT2D eigenvalue weighted by Crippen LogP contribution is 2.13. The van der Waals surface area contributed by atoms with E-state index in [4.69, 9.17) is 5.11 Å². The number of carboxylic acid groups (broad SMARTS) is 1. The summed E-state index contributed by atoms with van der Waals surface area (Å²) in [4.78, 5) is 48.1. The average Bonchev–Trinajstić information content (AvgIpc) is 2.83. The first-order chi connectivity index (χ1) is 15.9. The van der Waals surface area contributed by atoms with Crippen LogP contribution in [0.5, 0.6) is 0 Å². The molecule has 0 bridgehead atoms. The number of rotatable bonds is 8. The summed E-state index contributed by atoms with van der Waals surface area (Å²) in [6, 6.07) is 23.5. The zero-order valence-electron chi connectivity index (χ0n) is 17.4. The molecule has 3 amide bonds. The van der Waals surface area contributed by atoms with E-state index in [2.05, 4.69) is 16.0 Å². The molecule has 0 aromatic heterocycles. The third-order valence-electron chi connectivity index (χ3n) is 4.44. The van der Waals surface area contributed by atoms with E-state index in [0.29, 0.717) is 11.3 Å². The van der Waals surface area contributed by atoms with Gasteiger partial charge in [-0.2, -0.15) is 0 Å². The summed E-state index contributed by atoms with van der Waals surface area (Å²) in [5.74, 6) is -2.68. The van der Waals surface area contributed by atoms with Gasteiger partial charge in [0.15, 0.2) is 0 Å². The lowest BCUT2D eigenvalue weighted by molar-refractivity contribution is -0.135. The summed E-state index contributed by atoms with van der Waals surface area (Å²) < 4.78 is 0. The second-order valence-electron chi connectivity index (χ2n) is 6.90. The van der Waals surface area contributed by atoms with Crippen molar-refractivity contribution in [2.75, 3.05) is 11.9 Å². The molecular weight excluding hydrogens is 422 g/mol. The Hall–Kier alpha value is -4.72. The SMILES string of the molecule is O=C(O)CNC(=O)c1ccc(NC(=O)C(=Cc2ccccc2)NC(=O)c2ccccc2)cc1. The number of carboxylic acids is 1. The van der Waals surface area contributed by atoms with Crippen molar-refractivity contribution in [2.24, 2.45) is 0 Å². The molecule has 0 radical (unpaired) electrons. The zero-order valence-corrected chi connectivity index (χ0v) is 17.4. The predicted octanol–water partition coefficient (Wildman–Crippen LogP) is 2.91. The first kappa shape index (κ1) is 23.0. The molecular formula is C25H21N3O5. The summed E-state index contributed by atoms with van der Waals surface area (Å²) in [6.45, 7) is -0.494. The minimum atomic E-state index is -1.15. The molecule has 3 aromatic rings. The fourth-order valence-electron chi connectivity index (χ4n) is 2.82. The summed E-state index contributed by atoms with van der Waals surface area (Å²) in [6.07, 6.45) is 1.56. The first-order valence-corrected chi connectivity index (χ1v) is 9.97. The summed E-state index contributed by atoms with van der Waals surface area (Å²) in [7, 11) is 0. The van der Waals surface area contributed by atoms with Crippen molar-refractivity contribution >= 4 is 35.5 Å². The van der Waals surface area contributed by atoms with Crippen LogP contribution >= 0.6 is 0 Å². The Morgan fingerprint density at radius 2 is 1.30 bits per heavy atom. The van der Waals surface area contributed by atoms with E-state index in [9.17, 15) is 19.2 Å². The third-order valence-corrected chi connectivity index (χ3v) is 4.44. The maximum Gasteiger partial charge on any atom is 0.322 e. The normalized spacial score (nSPS) is 10.7. The molecule has 4 N–H and O–H groups in total. The molecule has 0 fully saturated rings. The monoisotopic (exact) mass is 443 g/mol. The Kier molecular flexibility index (Phi) is 7.69. The molecule has 0 saturated heterocycles. The maximum absolute atomic E-state index is 12.9. The van der Waals surface area contributed by atoms with Gasteiger partial charge in [0, 0.05) is 16.8 Å². The van der Waals surface area contributed by atoms with Crippen molar-refractivity contribution in [1.29, 1.82) is 0 Å². The van der Waals surface area contributed by atoms with Crippen LogP contribution in [-0.2, 0) is 9.59 Å². The number of amides is 3. The molecule has 0 aliphatic carbocycles. The van der Waals surface area contributed by atoms with Gasteiger partial charge in [-0.05, 0) is 48.0 Å². The van der Waals surface area contributed by atoms with Crippen LogP contribution in [-0.4, -0.2) is 35.3 Å². The molecule has 3 rings (SSSR count). The fraction of sp³-hybridized carbons (Fsp3) is 0.0400. The molecule has 0 atom stereocenters. The van der Waals surface area contributed by atoms with Gasteiger partial charge in [0.25, 0.3) is 17.7 Å². The van der Waals surface area contributed by atoms with Crippen molar-refractivity contribution in [3.8, 4) is 0 Å². The molecule has 8 nitrogen and oxygen atoms in total. The van der Waals surface area contributed by atoms with Crippen LogP contribution < -0.4 is 16.0 Å². The van der Waals surface area contributed by atoms with Crippen LogP contribution in [0.1, 0.15) is 26.3 Å². The van der Waals surface area contributed by atoms with E-state index >= 15 is 0 Å². The van der Waals surface area contributed by atoms with Gasteiger partial charge < -0.3 is 21.1 Å². The van der Waals surface area contributed by atoms with Gasteiger partial charge in [0.2, 0.25) is 0 Å². The maximum atomic E-state index is 12.9. The Balaban J connectivity index is 1.76. The van der Waals surface area contributed by atoms with E-state index in [0.717, 1.165) is 5.56 Å². The van der Waals surface area contributed by atoms with Gasteiger partial charge in [-0.25, -0.2) is 0 Å². The molecule has 0 aliphatic rings. The minimum absolute atomic E-state index is 0.0401. The minimum Gasteiger partial charge on any atom is -0.480 e. The smallest absolute Gasteiger partial charge is 0.322 e. The van der Waals surface area contributed by atoms with Crippen LogP contribution in [0.4, 0.5) is 5.69 Å². The molecule has 0 spiro atoms. The quantitative estimate of drug-likeness (QED) is 0.399. The second-order valence-corrected chi connectivity index (χ2v) is 6.90. The predicted molar refractivity (Wildman–Crippen MR) is 123 cm³/mol. The van der Waals surface area contributed by atoms with Crippen molar-refractivity contribution in [3.05, 3.63) is 107 Å². The van der Waals surface area contributed by atoms with Gasteiger partial charge in [-0.1, -0.05) is 48.5 Å². The largest absolute Gasteiger partial charge is 0.480 e. The number of hydrogen-bond acceptors (Lipinski definition) is 4. The van der Waals surface area contributed by atoms with E-state index in [-0.39, 0.29) is 11.3 Å². The highest BCUT2D eigenvalue weighted by molar-refractivity contribution is 6.10. The van der Waals surface area contributed by atoms with Crippen LogP contribution in [0.3, 0.4) is 0 Å². The standard InChI is InChI=1S/C25H21N3O5/c29-22(30)16-26-23(31)19-11-13-20(14-12-19)27-25(33)21(15-17-7-3-1-4-8-17)28-24(32)18-9-5-2-6-10-18/h1-15H,16H2,(H,26,31)(H,27,33)(H,28,32)(H,29,30). The Bertz CT molecular complexity index is 1170. The Morgan fingerprint density at radius 1 is 0.727 bits per heavy atom. The molecule has 3 aromatic carbocycles. The summed E-state index contributed by atoms with van der Waals surface area (Å²) in [5, 5.41) is 16.2. The van der Waals surface area contributed by atoms with Crippen LogP contribution in [0, 0.1) is 0 Å². The lowest BCUT2D eigenvalue weighted by atomic mass is 10.1. The first-order valence-electron chi connectivity index (χ1n) is 9.97. The molecule has 0 unspecified atom stereocenters. The number of hydrogen-bond donors (Lipinski definition) is 4. The molecule has 0 aliphatic heterocycles. The number of aliphatic carboxylic acids is 1. The highest BCUT2D eigenvalue weighted by Gasteiger charge is 2.15. The lowest BCUT2D eigenvalue weighted by Gasteiger charge is -2.12. The molecule has 8 heteroatoms. The highest BCUT2D eigenvalue weighted by atomic mass is 16.4. The number of benzene rings is 3. The summed E-state index contributed by atoms with van der Waals surface area (Å²) in [5.41, 5.74) is 1.80. The molecule has 33 heavy (non-hydrogen) atoms. The number of carbonyl (C=O) groups excluding carboxylic acids is 3. The van der Waals surface area contributed by atoms with Gasteiger partial charge >= 0.3 is 5.97 Å². The third kappa shape index (κ3) is 6.90. The molecule has 166 valence electrons. The zero-order chi connectivity index (χ0) is 23.6. The number of anilines is 1. The topological polar surface area (TPSA) is 125 Å². The van der Waals surface area contributed by atoms with Crippen LogP contribution in [0.15, 0.2) is 90.6 Å². The molecule has 0 saturated carbocycles. The Morgan fingerprint density at radius 3 is 1.91 bits per heavy atom. The van der Waals surface area contributed by atoms with Gasteiger partial charge in [-0.15, -0.1) is 0 Å². The van der Waals surface area contributed by atoms with Crippen molar-refractivity contribution in [2.45, 2.75) is 0 Å². The Labute approximate surface area is 190 Å². The van der Waals surface area contributed by atoms with E-state index in [1.54, 1.807) is 48.5 Å². The van der Waals surface area contributed by atoms with E-state index < -0.39 is 30.2 Å². The second kappa shape index (κ2) is 11.1. The number of carbonyl (C=O) groups is 4. The number of nitrogens with one attached hydrogen (secondary N) is 3. The van der Waals surface area contributed by atoms with Gasteiger partial charge in [0.1, 0.15) is 12.2 Å². The van der Waals surface area contributed by atoms with Crippen LogP contribution in [0.2, 0.25) is 0 Å². The lowest BCUT2D eigenvalue weighted by Crippen LogP contribution is -2.31. The van der Waals surface area contributed by atoms with Crippen molar-refractivity contribution < 1.29 is 24.3 Å². The van der Waals surface area contributed by atoms with E-state index in [1.165, 1.54) is 24.3 Å². The van der Waals surface area contributed by atoms with Crippen molar-refractivity contribution in [3.63, 3.8) is 0 Å². The fourth-order valence-corrected chi connectivity index (χ4v) is 2.82. The van der Waals surface area contributed by atoms with E-state index in [1.807, 2.05) is 18.2 Å². The van der Waals surface area contributed by atoms with Crippen LogP contribution in [0.25, 0.3) is 6.08 Å². The van der Waals surface area contributed by atoms with Gasteiger partial charge in [-0.3, -0.25) is 19.2 Å². The van der Waals surface area contributed by atoms with Gasteiger partial charge in [0.05, 0.1) is 0 Å². The summed E-state index contributed by atoms with van der Waals surface area (Å²) >= 11 is 0. The molecule has 0 heterocycles. The van der Waals surface area contributed by atoms with Crippen molar-refractivity contribution in [1.82, 2.24) is 10.6 Å².